The van der Waals surface area contributed by atoms with Gasteiger partial charge < -0.3 is 30.1 Å². The van der Waals surface area contributed by atoms with E-state index >= 15 is 0 Å². The second-order valence-corrected chi connectivity index (χ2v) is 10.9. The Morgan fingerprint density at radius 3 is 2.40 bits per heavy atom. The molecule has 3 atom stereocenters. The highest BCUT2D eigenvalue weighted by molar-refractivity contribution is 5.86. The van der Waals surface area contributed by atoms with Crippen molar-refractivity contribution in [2.24, 2.45) is 5.92 Å². The van der Waals surface area contributed by atoms with E-state index < -0.39 is 24.0 Å². The summed E-state index contributed by atoms with van der Waals surface area (Å²) in [6, 6.07) is 14.9. The summed E-state index contributed by atoms with van der Waals surface area (Å²) in [5, 5.41) is 14.3. The lowest BCUT2D eigenvalue weighted by Crippen LogP contribution is -2.46. The van der Waals surface area contributed by atoms with Gasteiger partial charge in [-0.3, -0.25) is 9.59 Å². The highest BCUT2D eigenvalue weighted by atomic mass is 16.6. The molecule has 42 heavy (non-hydrogen) atoms. The zero-order valence-electron chi connectivity index (χ0n) is 23.5. The van der Waals surface area contributed by atoms with Gasteiger partial charge in [0.15, 0.2) is 0 Å². The van der Waals surface area contributed by atoms with Gasteiger partial charge in [-0.15, -0.1) is 0 Å². The summed E-state index contributed by atoms with van der Waals surface area (Å²) >= 11 is 0. The molecule has 2 aliphatic heterocycles. The number of alkyl carbamates (subject to hydrolysis) is 1. The van der Waals surface area contributed by atoms with Gasteiger partial charge >= 0.3 is 12.1 Å². The Morgan fingerprint density at radius 1 is 1.00 bits per heavy atom. The third kappa shape index (κ3) is 6.65. The molecule has 1 saturated heterocycles. The van der Waals surface area contributed by atoms with Crippen LogP contribution in [-0.4, -0.2) is 78.9 Å². The maximum Gasteiger partial charge on any atom is 0.407 e. The van der Waals surface area contributed by atoms with Crippen LogP contribution in [0.4, 0.5) is 4.79 Å². The van der Waals surface area contributed by atoms with Gasteiger partial charge in [-0.05, 0) is 47.9 Å². The van der Waals surface area contributed by atoms with Crippen LogP contribution in [0.2, 0.25) is 0 Å². The molecular formula is C32H37N3O7. The number of ether oxygens (including phenoxy) is 2. The van der Waals surface area contributed by atoms with Gasteiger partial charge in [-0.25, -0.2) is 9.59 Å². The van der Waals surface area contributed by atoms with Gasteiger partial charge in [0.2, 0.25) is 11.8 Å². The molecule has 2 heterocycles. The van der Waals surface area contributed by atoms with Crippen LogP contribution in [0.1, 0.15) is 49.1 Å². The van der Waals surface area contributed by atoms with Gasteiger partial charge in [-0.2, -0.15) is 0 Å². The van der Waals surface area contributed by atoms with Crippen LogP contribution in [0.25, 0.3) is 11.1 Å². The predicted molar refractivity (Wildman–Crippen MR) is 154 cm³/mol. The number of aliphatic hydroxyl groups excluding tert-OH is 1. The molecule has 3 aliphatic rings. The first kappa shape index (κ1) is 29.3. The number of cyclic esters (lactones) is 1. The van der Waals surface area contributed by atoms with Crippen LogP contribution in [0.15, 0.2) is 60.7 Å². The fourth-order valence-corrected chi connectivity index (χ4v) is 6.06. The number of allylic oxidation sites excluding steroid dienone is 1. The van der Waals surface area contributed by atoms with E-state index in [1.807, 2.05) is 36.4 Å². The standard InChI is InChI=1S/C32H37N3O7/c36-17-15-33-29(37)18-21-8-1-6-14-28(31(39)41-19-22-9-7-16-35(22)30(21)38)34-32(40)42-20-27-25-12-4-2-10-23(25)24-11-3-5-13-26(24)27/h1-6,10-13,21-22,27-28,36H,7-9,14-20H2,(H,33,37)(H,34,40)/b6-1+/t21-,22-,28-/m0/s1. The molecule has 3 amide bonds. The summed E-state index contributed by atoms with van der Waals surface area (Å²) in [6.07, 6.45) is 4.66. The number of amides is 3. The van der Waals surface area contributed by atoms with E-state index in [1.165, 1.54) is 0 Å². The molecule has 0 bridgehead atoms. The van der Waals surface area contributed by atoms with Gasteiger partial charge in [0, 0.05) is 25.4 Å². The maximum absolute atomic E-state index is 13.3. The molecule has 3 N–H and O–H groups in total. The van der Waals surface area contributed by atoms with Crippen LogP contribution in [0.5, 0.6) is 0 Å². The van der Waals surface area contributed by atoms with Crippen molar-refractivity contribution in [2.75, 3.05) is 32.9 Å². The number of aliphatic hydroxyl groups is 1. The number of esters is 1. The Kier molecular flexibility index (Phi) is 9.53. The summed E-state index contributed by atoms with van der Waals surface area (Å²) in [5.41, 5.74) is 4.43. The van der Waals surface area contributed by atoms with E-state index in [9.17, 15) is 19.2 Å². The highest BCUT2D eigenvalue weighted by Gasteiger charge is 2.36. The second-order valence-electron chi connectivity index (χ2n) is 10.9. The molecule has 222 valence electrons. The highest BCUT2D eigenvalue weighted by Crippen LogP contribution is 2.44. The van der Waals surface area contributed by atoms with Crippen molar-refractivity contribution in [1.82, 2.24) is 15.5 Å². The van der Waals surface area contributed by atoms with Gasteiger partial charge in [-0.1, -0.05) is 60.7 Å². The Labute approximate surface area is 245 Å². The molecule has 5 rings (SSSR count). The zero-order chi connectivity index (χ0) is 29.5. The number of benzene rings is 2. The van der Waals surface area contributed by atoms with E-state index in [-0.39, 0.29) is 63.0 Å². The molecule has 0 saturated carbocycles. The lowest BCUT2D eigenvalue weighted by Gasteiger charge is -2.29. The number of carbonyl (C=O) groups is 4. The summed E-state index contributed by atoms with van der Waals surface area (Å²) in [4.78, 5) is 53.3. The minimum Gasteiger partial charge on any atom is -0.462 e. The summed E-state index contributed by atoms with van der Waals surface area (Å²) in [6.45, 7) is 0.612. The largest absolute Gasteiger partial charge is 0.462 e. The second kappa shape index (κ2) is 13.7. The first-order valence-electron chi connectivity index (χ1n) is 14.6. The first-order valence-corrected chi connectivity index (χ1v) is 14.6. The van der Waals surface area contributed by atoms with Crippen molar-refractivity contribution in [3.05, 3.63) is 71.8 Å². The Hall–Kier alpha value is -4.18. The lowest BCUT2D eigenvalue weighted by atomic mass is 9.97. The minimum atomic E-state index is -0.965. The maximum atomic E-state index is 13.3. The van der Waals surface area contributed by atoms with Crippen LogP contribution in [0, 0.1) is 5.92 Å². The number of hydrogen-bond acceptors (Lipinski definition) is 7. The number of nitrogens with zero attached hydrogens (tertiary/aromatic N) is 1. The number of carbonyl (C=O) groups excluding carboxylic acids is 4. The van der Waals surface area contributed by atoms with Crippen molar-refractivity contribution in [3.63, 3.8) is 0 Å². The van der Waals surface area contributed by atoms with E-state index in [4.69, 9.17) is 14.6 Å². The molecule has 0 aromatic heterocycles. The zero-order valence-corrected chi connectivity index (χ0v) is 23.5. The summed E-state index contributed by atoms with van der Waals surface area (Å²) < 4.78 is 11.2. The predicted octanol–water partition coefficient (Wildman–Crippen LogP) is 2.89. The fourth-order valence-electron chi connectivity index (χ4n) is 6.06. The quantitative estimate of drug-likeness (QED) is 0.341. The molecule has 1 aliphatic carbocycles. The first-order chi connectivity index (χ1) is 20.5. The molecular weight excluding hydrogens is 538 g/mol. The fraction of sp³-hybridized carbons (Fsp3) is 0.438. The van der Waals surface area contributed by atoms with E-state index in [1.54, 1.807) is 17.1 Å². The molecule has 2 aromatic carbocycles. The minimum absolute atomic E-state index is 0.00634. The SMILES string of the molecule is O=C(C[C@@H]1C/C=C/C[C@H](NC(=O)OCC2c3ccccc3-c3ccccc32)C(=O)OC[C@@H]2CCCN2C1=O)NCCO. The Morgan fingerprint density at radius 2 is 1.69 bits per heavy atom. The number of nitrogens with one attached hydrogen (secondary N) is 2. The van der Waals surface area contributed by atoms with Crippen LogP contribution >= 0.6 is 0 Å². The normalized spacial score (nSPS) is 23.0. The average molecular weight is 576 g/mol. The van der Waals surface area contributed by atoms with Crippen LogP contribution in [0.3, 0.4) is 0 Å². The van der Waals surface area contributed by atoms with Crippen molar-refractivity contribution < 1.29 is 33.8 Å². The van der Waals surface area contributed by atoms with Gasteiger partial charge in [0.1, 0.15) is 19.3 Å². The van der Waals surface area contributed by atoms with Crippen molar-refractivity contribution >= 4 is 23.9 Å². The van der Waals surface area contributed by atoms with Crippen LogP contribution in [-0.2, 0) is 23.9 Å². The molecule has 0 unspecified atom stereocenters. The topological polar surface area (TPSA) is 134 Å². The van der Waals surface area contributed by atoms with E-state index in [2.05, 4.69) is 22.8 Å². The van der Waals surface area contributed by atoms with E-state index in [0.717, 1.165) is 28.7 Å². The molecule has 2 aromatic rings. The molecule has 10 nitrogen and oxygen atoms in total. The monoisotopic (exact) mass is 575 g/mol. The van der Waals surface area contributed by atoms with Crippen LogP contribution < -0.4 is 10.6 Å². The molecule has 1 fully saturated rings. The molecule has 0 radical (unpaired) electrons. The summed E-state index contributed by atoms with van der Waals surface area (Å²) in [5.74, 6) is -1.73. The third-order valence-corrected chi connectivity index (χ3v) is 8.17. The smallest absolute Gasteiger partial charge is 0.407 e. The van der Waals surface area contributed by atoms with Gasteiger partial charge in [0.05, 0.1) is 18.6 Å². The Balaban J connectivity index is 1.24. The Bertz CT molecular complexity index is 1300. The van der Waals surface area contributed by atoms with Crippen molar-refractivity contribution in [3.8, 4) is 11.1 Å². The molecule has 0 spiro atoms. The van der Waals surface area contributed by atoms with Crippen molar-refractivity contribution in [2.45, 2.75) is 50.1 Å². The third-order valence-electron chi connectivity index (χ3n) is 8.17. The van der Waals surface area contributed by atoms with Crippen molar-refractivity contribution in [1.29, 1.82) is 0 Å². The van der Waals surface area contributed by atoms with Gasteiger partial charge in [0.25, 0.3) is 0 Å². The molecule has 10 heteroatoms. The van der Waals surface area contributed by atoms with E-state index in [0.29, 0.717) is 19.4 Å². The number of fused-ring (bicyclic) bond motifs is 4. The summed E-state index contributed by atoms with van der Waals surface area (Å²) in [7, 11) is 0. The average Bonchev–Trinajstić information content (AvgIpc) is 3.60. The number of rotatable bonds is 7. The lowest BCUT2D eigenvalue weighted by molar-refractivity contribution is -0.150. The number of hydrogen-bond donors (Lipinski definition) is 3.